The number of nitrogens with zero attached hydrogens (tertiary/aromatic N) is 1. The summed E-state index contributed by atoms with van der Waals surface area (Å²) in [7, 11) is -5.48. The van der Waals surface area contributed by atoms with Crippen LogP contribution in [0.2, 0.25) is 0 Å². The molecule has 0 radical (unpaired) electrons. The number of nitro groups is 1. The smallest absolute Gasteiger partial charge is 0.311 e. The monoisotopic (exact) mass is 309 g/mol. The van der Waals surface area contributed by atoms with Crippen LogP contribution >= 0.6 is 7.60 Å². The third-order valence-electron chi connectivity index (χ3n) is 2.29. The van der Waals surface area contributed by atoms with Crippen LogP contribution in [0, 0.1) is 10.1 Å². The van der Waals surface area contributed by atoms with Gasteiger partial charge in [0.2, 0.25) is 0 Å². The van der Waals surface area contributed by atoms with Crippen molar-refractivity contribution in [1.82, 2.24) is 0 Å². The maximum Gasteiger partial charge on any atom is 0.345 e. The molecule has 1 aromatic rings. The van der Waals surface area contributed by atoms with Gasteiger partial charge in [0.05, 0.1) is 9.82 Å². The summed E-state index contributed by atoms with van der Waals surface area (Å²) in [6.45, 7) is 0. The second kappa shape index (κ2) is 5.79. The zero-order valence-corrected chi connectivity index (χ0v) is 11.9. The average Bonchev–Trinajstić information content (AvgIpc) is 2.38. The van der Waals surface area contributed by atoms with Crippen LogP contribution in [-0.2, 0) is 23.4 Å². The highest BCUT2D eigenvalue weighted by molar-refractivity contribution is 7.97. The van der Waals surface area contributed by atoms with E-state index in [0.717, 1.165) is 38.5 Å². The van der Waals surface area contributed by atoms with Gasteiger partial charge < -0.3 is 9.05 Å². The molecule has 0 atom stereocenters. The van der Waals surface area contributed by atoms with Crippen molar-refractivity contribution in [3.8, 4) is 0 Å². The second-order valence-electron chi connectivity index (χ2n) is 3.47. The summed E-state index contributed by atoms with van der Waals surface area (Å²) < 4.78 is 44.8. The minimum Gasteiger partial charge on any atom is -0.311 e. The molecule has 0 unspecified atom stereocenters. The summed E-state index contributed by atoms with van der Waals surface area (Å²) in [5.41, 5.74) is -1.06. The first-order valence-corrected chi connectivity index (χ1v) is 8.30. The van der Waals surface area contributed by atoms with Crippen molar-refractivity contribution in [3.63, 3.8) is 0 Å². The van der Waals surface area contributed by atoms with Gasteiger partial charge in [-0.1, -0.05) is 0 Å². The van der Waals surface area contributed by atoms with Crippen LogP contribution in [0.1, 0.15) is 0 Å². The number of sulfone groups is 1. The summed E-state index contributed by atoms with van der Waals surface area (Å²) in [5.74, 6) is 0. The van der Waals surface area contributed by atoms with Crippen LogP contribution in [-0.4, -0.2) is 33.1 Å². The number of hydrogen-bond donors (Lipinski definition) is 0. The Hall–Kier alpha value is -1.28. The van der Waals surface area contributed by atoms with E-state index < -0.39 is 27.9 Å². The first-order chi connectivity index (χ1) is 8.74. The molecule has 1 rings (SSSR count). The Morgan fingerprint density at radius 3 is 2.05 bits per heavy atom. The maximum atomic E-state index is 11.9. The quantitative estimate of drug-likeness (QED) is 0.447. The minimum atomic E-state index is -3.92. The number of hydrogen-bond acceptors (Lipinski definition) is 7. The summed E-state index contributed by atoms with van der Waals surface area (Å²) >= 11 is 0. The Morgan fingerprint density at radius 1 is 1.21 bits per heavy atom. The van der Waals surface area contributed by atoms with E-state index in [0.29, 0.717) is 0 Å². The Balaban J connectivity index is 3.07. The summed E-state index contributed by atoms with van der Waals surface area (Å²) in [6, 6.07) is 4.25. The van der Waals surface area contributed by atoms with E-state index in [1.54, 1.807) is 0 Å². The van der Waals surface area contributed by atoms with Gasteiger partial charge in [-0.05, 0) is 12.1 Å². The van der Waals surface area contributed by atoms with E-state index in [9.17, 15) is 23.1 Å². The summed E-state index contributed by atoms with van der Waals surface area (Å²) in [5, 5.41) is 10.5. The SMILES string of the molecule is COP(=O)(CS(=O)(=O)c1ccc([N+](=O)[O-])cc1)OC. The van der Waals surface area contributed by atoms with Crippen molar-refractivity contribution in [2.24, 2.45) is 0 Å². The topological polar surface area (TPSA) is 113 Å². The molecule has 0 aromatic heterocycles. The van der Waals surface area contributed by atoms with E-state index in [1.165, 1.54) is 0 Å². The molecule has 1 aromatic carbocycles. The fourth-order valence-electron chi connectivity index (χ4n) is 1.24. The molecule has 0 heterocycles. The fourth-order valence-corrected chi connectivity index (χ4v) is 5.04. The molecule has 8 nitrogen and oxygen atoms in total. The molecule has 0 fully saturated rings. The second-order valence-corrected chi connectivity index (χ2v) is 8.16. The van der Waals surface area contributed by atoms with Gasteiger partial charge in [-0.2, -0.15) is 0 Å². The van der Waals surface area contributed by atoms with Gasteiger partial charge in [-0.3, -0.25) is 14.7 Å². The first-order valence-electron chi connectivity index (χ1n) is 4.92. The number of benzene rings is 1. The zero-order chi connectivity index (χ0) is 14.7. The highest BCUT2D eigenvalue weighted by Gasteiger charge is 2.31. The van der Waals surface area contributed by atoms with Gasteiger partial charge >= 0.3 is 7.60 Å². The molecular weight excluding hydrogens is 297 g/mol. The molecule has 0 N–H and O–H groups in total. The third kappa shape index (κ3) is 3.84. The molecule has 0 saturated heterocycles. The lowest BCUT2D eigenvalue weighted by Gasteiger charge is -2.13. The van der Waals surface area contributed by atoms with Crippen LogP contribution in [0.3, 0.4) is 0 Å². The molecule has 0 bridgehead atoms. The minimum absolute atomic E-state index is 0.188. The number of non-ortho nitro benzene ring substituents is 1. The highest BCUT2D eigenvalue weighted by Crippen LogP contribution is 2.48. The predicted molar refractivity (Wildman–Crippen MR) is 66.8 cm³/mol. The van der Waals surface area contributed by atoms with Crippen molar-refractivity contribution >= 4 is 23.1 Å². The Kier molecular flexibility index (Phi) is 4.81. The third-order valence-corrected chi connectivity index (χ3v) is 7.02. The van der Waals surface area contributed by atoms with E-state index in [2.05, 4.69) is 9.05 Å². The Labute approximate surface area is 109 Å². The molecule has 0 spiro atoms. The van der Waals surface area contributed by atoms with E-state index in [4.69, 9.17) is 0 Å². The van der Waals surface area contributed by atoms with E-state index >= 15 is 0 Å². The highest BCUT2D eigenvalue weighted by atomic mass is 32.2. The summed E-state index contributed by atoms with van der Waals surface area (Å²) in [6.07, 6.45) is 0. The molecule has 0 aliphatic carbocycles. The first kappa shape index (κ1) is 15.8. The van der Waals surface area contributed by atoms with Gasteiger partial charge in [0.15, 0.2) is 15.3 Å². The van der Waals surface area contributed by atoms with Crippen LogP contribution in [0.4, 0.5) is 5.69 Å². The molecule has 10 heteroatoms. The van der Waals surface area contributed by atoms with Gasteiger partial charge in [0.25, 0.3) is 5.69 Å². The fraction of sp³-hybridized carbons (Fsp3) is 0.333. The zero-order valence-electron chi connectivity index (χ0n) is 10.2. The molecule has 0 amide bonds. The van der Waals surface area contributed by atoms with Crippen LogP contribution < -0.4 is 0 Å². The molecule has 0 saturated carbocycles. The lowest BCUT2D eigenvalue weighted by Crippen LogP contribution is -2.09. The van der Waals surface area contributed by atoms with Crippen LogP contribution in [0.25, 0.3) is 0 Å². The number of rotatable bonds is 6. The van der Waals surface area contributed by atoms with Gasteiger partial charge in [-0.25, -0.2) is 8.42 Å². The van der Waals surface area contributed by atoms with Gasteiger partial charge in [0.1, 0.15) is 0 Å². The largest absolute Gasteiger partial charge is 0.345 e. The van der Waals surface area contributed by atoms with Crippen molar-refractivity contribution in [2.45, 2.75) is 4.90 Å². The predicted octanol–water partition coefficient (Wildman–Crippen LogP) is 1.81. The van der Waals surface area contributed by atoms with E-state index in [-0.39, 0.29) is 10.6 Å². The van der Waals surface area contributed by atoms with Crippen molar-refractivity contribution in [1.29, 1.82) is 0 Å². The molecular formula is C9H12NO7PS. The Bertz CT molecular complexity index is 602. The maximum absolute atomic E-state index is 11.9. The lowest BCUT2D eigenvalue weighted by molar-refractivity contribution is -0.384. The summed E-state index contributed by atoms with van der Waals surface area (Å²) in [4.78, 5) is 9.62. The normalized spacial score (nSPS) is 12.3. The molecule has 0 aliphatic heterocycles. The molecule has 106 valence electrons. The number of nitro benzene ring substituents is 1. The molecule has 0 aliphatic rings. The average molecular weight is 309 g/mol. The van der Waals surface area contributed by atoms with Crippen LogP contribution in [0.5, 0.6) is 0 Å². The van der Waals surface area contributed by atoms with Crippen molar-refractivity contribution < 1.29 is 27.0 Å². The van der Waals surface area contributed by atoms with Crippen molar-refractivity contribution in [3.05, 3.63) is 34.4 Å². The standard InChI is InChI=1S/C9H12NO7PS/c1-16-18(13,17-2)7-19(14,15)9-5-3-8(4-6-9)10(11)12/h3-6H,7H2,1-2H3. The van der Waals surface area contributed by atoms with Gasteiger partial charge in [-0.15, -0.1) is 0 Å². The van der Waals surface area contributed by atoms with Crippen LogP contribution in [0.15, 0.2) is 29.2 Å². The van der Waals surface area contributed by atoms with Gasteiger partial charge in [0, 0.05) is 26.4 Å². The van der Waals surface area contributed by atoms with Crippen molar-refractivity contribution in [2.75, 3.05) is 19.7 Å². The van der Waals surface area contributed by atoms with E-state index in [1.807, 2.05) is 0 Å². The molecule has 19 heavy (non-hydrogen) atoms. The Morgan fingerprint density at radius 2 is 1.68 bits per heavy atom. The lowest BCUT2D eigenvalue weighted by atomic mass is 10.3.